The van der Waals surface area contributed by atoms with Crippen LogP contribution in [0.5, 0.6) is 11.5 Å². The van der Waals surface area contributed by atoms with E-state index < -0.39 is 0 Å². The molecule has 4 heteroatoms. The molecule has 0 saturated heterocycles. The standard InChI is InChI=1S/C12H18O4/c1-10(15-9-8-13-2)16-12-7-5-4-6-11(12)14-3/h4-7,10H,8-9H2,1-3H3. The van der Waals surface area contributed by atoms with Gasteiger partial charge >= 0.3 is 0 Å². The number of ether oxygens (including phenoxy) is 4. The molecule has 0 N–H and O–H groups in total. The Labute approximate surface area is 96.1 Å². The Morgan fingerprint density at radius 3 is 2.38 bits per heavy atom. The second-order valence-corrected chi connectivity index (χ2v) is 3.20. The van der Waals surface area contributed by atoms with Crippen molar-refractivity contribution in [2.24, 2.45) is 0 Å². The van der Waals surface area contributed by atoms with Crippen molar-refractivity contribution in [2.75, 3.05) is 27.4 Å². The first-order chi connectivity index (χ1) is 7.77. The first-order valence-corrected chi connectivity index (χ1v) is 5.18. The molecule has 0 aromatic heterocycles. The van der Waals surface area contributed by atoms with E-state index in [1.54, 1.807) is 14.2 Å². The van der Waals surface area contributed by atoms with Crippen LogP contribution in [0.25, 0.3) is 0 Å². The summed E-state index contributed by atoms with van der Waals surface area (Å²) in [5.74, 6) is 1.37. The van der Waals surface area contributed by atoms with Crippen LogP contribution in [0.1, 0.15) is 6.92 Å². The van der Waals surface area contributed by atoms with E-state index in [1.165, 1.54) is 0 Å². The number of benzene rings is 1. The highest BCUT2D eigenvalue weighted by Gasteiger charge is 2.07. The quantitative estimate of drug-likeness (QED) is 0.527. The Hall–Kier alpha value is -1.26. The van der Waals surface area contributed by atoms with Gasteiger partial charge in [0.2, 0.25) is 0 Å². The lowest BCUT2D eigenvalue weighted by atomic mass is 10.3. The van der Waals surface area contributed by atoms with Gasteiger partial charge in [0.05, 0.1) is 20.3 Å². The molecule has 1 aromatic rings. The zero-order chi connectivity index (χ0) is 11.8. The second-order valence-electron chi connectivity index (χ2n) is 3.20. The summed E-state index contributed by atoms with van der Waals surface area (Å²) in [6.07, 6.45) is -0.327. The SMILES string of the molecule is COCCOC(C)Oc1ccccc1OC. The number of rotatable bonds is 7. The molecule has 16 heavy (non-hydrogen) atoms. The summed E-state index contributed by atoms with van der Waals surface area (Å²) in [4.78, 5) is 0. The topological polar surface area (TPSA) is 36.9 Å². The summed E-state index contributed by atoms with van der Waals surface area (Å²) < 4.78 is 21.0. The average molecular weight is 226 g/mol. The first kappa shape index (κ1) is 12.8. The Morgan fingerprint density at radius 1 is 1.06 bits per heavy atom. The molecular formula is C12H18O4. The Balaban J connectivity index is 2.45. The highest BCUT2D eigenvalue weighted by Crippen LogP contribution is 2.26. The predicted molar refractivity (Wildman–Crippen MR) is 60.9 cm³/mol. The maximum Gasteiger partial charge on any atom is 0.197 e. The van der Waals surface area contributed by atoms with Crippen LogP contribution in [0, 0.1) is 0 Å². The molecule has 0 aliphatic carbocycles. The van der Waals surface area contributed by atoms with Gasteiger partial charge in [-0.25, -0.2) is 0 Å². The van der Waals surface area contributed by atoms with Gasteiger partial charge in [-0.15, -0.1) is 0 Å². The highest BCUT2D eigenvalue weighted by molar-refractivity contribution is 5.39. The molecule has 0 radical (unpaired) electrons. The minimum Gasteiger partial charge on any atom is -0.493 e. The highest BCUT2D eigenvalue weighted by atomic mass is 16.7. The fraction of sp³-hybridized carbons (Fsp3) is 0.500. The van der Waals surface area contributed by atoms with Gasteiger partial charge in [0.25, 0.3) is 0 Å². The van der Waals surface area contributed by atoms with Gasteiger partial charge in [-0.2, -0.15) is 0 Å². The normalized spacial score (nSPS) is 12.2. The Bertz CT molecular complexity index is 301. The summed E-state index contributed by atoms with van der Waals surface area (Å²) in [6, 6.07) is 7.47. The molecule has 1 unspecified atom stereocenters. The molecule has 4 nitrogen and oxygen atoms in total. The maximum atomic E-state index is 5.58. The van der Waals surface area contributed by atoms with Crippen LogP contribution < -0.4 is 9.47 Å². The minimum absolute atomic E-state index is 0.327. The molecule has 0 heterocycles. The first-order valence-electron chi connectivity index (χ1n) is 5.18. The van der Waals surface area contributed by atoms with Crippen molar-refractivity contribution in [3.63, 3.8) is 0 Å². The van der Waals surface area contributed by atoms with E-state index in [2.05, 4.69) is 0 Å². The minimum atomic E-state index is -0.327. The molecule has 90 valence electrons. The van der Waals surface area contributed by atoms with E-state index >= 15 is 0 Å². The fourth-order valence-electron chi connectivity index (χ4n) is 1.23. The third kappa shape index (κ3) is 4.08. The molecule has 1 aromatic carbocycles. The van der Waals surface area contributed by atoms with Crippen LogP contribution in [0.15, 0.2) is 24.3 Å². The van der Waals surface area contributed by atoms with Crippen LogP contribution in [0.2, 0.25) is 0 Å². The van der Waals surface area contributed by atoms with Crippen molar-refractivity contribution in [1.82, 2.24) is 0 Å². The number of methoxy groups -OCH3 is 2. The summed E-state index contributed by atoms with van der Waals surface area (Å²) in [5, 5.41) is 0. The zero-order valence-electron chi connectivity index (χ0n) is 9.93. The molecule has 0 aliphatic rings. The lowest BCUT2D eigenvalue weighted by molar-refractivity contribution is -0.0804. The monoisotopic (exact) mass is 226 g/mol. The third-order valence-electron chi connectivity index (χ3n) is 2.00. The predicted octanol–water partition coefficient (Wildman–Crippen LogP) is 2.08. The molecule has 1 rings (SSSR count). The van der Waals surface area contributed by atoms with Gasteiger partial charge in [0.1, 0.15) is 0 Å². The van der Waals surface area contributed by atoms with E-state index in [0.717, 1.165) is 0 Å². The van der Waals surface area contributed by atoms with Crippen molar-refractivity contribution in [1.29, 1.82) is 0 Å². The van der Waals surface area contributed by atoms with Gasteiger partial charge in [-0.1, -0.05) is 12.1 Å². The van der Waals surface area contributed by atoms with Gasteiger partial charge in [-0.05, 0) is 19.1 Å². The lowest BCUT2D eigenvalue weighted by Gasteiger charge is -2.16. The van der Waals surface area contributed by atoms with Gasteiger partial charge in [-0.3, -0.25) is 0 Å². The average Bonchev–Trinajstić information content (AvgIpc) is 2.30. The molecule has 0 saturated carbocycles. The van der Waals surface area contributed by atoms with E-state index in [9.17, 15) is 0 Å². The second kappa shape index (κ2) is 7.09. The van der Waals surface area contributed by atoms with Crippen molar-refractivity contribution in [3.8, 4) is 11.5 Å². The third-order valence-corrected chi connectivity index (χ3v) is 2.00. The van der Waals surface area contributed by atoms with Gasteiger partial charge in [0, 0.05) is 7.11 Å². The Morgan fingerprint density at radius 2 is 1.75 bits per heavy atom. The number of hydrogen-bond acceptors (Lipinski definition) is 4. The van der Waals surface area contributed by atoms with E-state index in [-0.39, 0.29) is 6.29 Å². The van der Waals surface area contributed by atoms with Crippen molar-refractivity contribution in [2.45, 2.75) is 13.2 Å². The van der Waals surface area contributed by atoms with E-state index in [4.69, 9.17) is 18.9 Å². The molecular weight excluding hydrogens is 208 g/mol. The number of para-hydroxylation sites is 2. The maximum absolute atomic E-state index is 5.58. The zero-order valence-corrected chi connectivity index (χ0v) is 9.93. The van der Waals surface area contributed by atoms with Crippen molar-refractivity contribution >= 4 is 0 Å². The smallest absolute Gasteiger partial charge is 0.197 e. The van der Waals surface area contributed by atoms with Gasteiger partial charge in [0.15, 0.2) is 17.8 Å². The van der Waals surface area contributed by atoms with Gasteiger partial charge < -0.3 is 18.9 Å². The van der Waals surface area contributed by atoms with Crippen molar-refractivity contribution in [3.05, 3.63) is 24.3 Å². The fourth-order valence-corrected chi connectivity index (χ4v) is 1.23. The van der Waals surface area contributed by atoms with Crippen LogP contribution in [0.4, 0.5) is 0 Å². The summed E-state index contributed by atoms with van der Waals surface area (Å²) in [6.45, 7) is 2.90. The molecule has 0 bridgehead atoms. The van der Waals surface area contributed by atoms with E-state index in [0.29, 0.717) is 24.7 Å². The molecule has 0 fully saturated rings. The molecule has 0 spiro atoms. The summed E-state index contributed by atoms with van der Waals surface area (Å²) >= 11 is 0. The molecule has 1 atom stereocenters. The lowest BCUT2D eigenvalue weighted by Crippen LogP contribution is -2.19. The van der Waals surface area contributed by atoms with Crippen LogP contribution in [0.3, 0.4) is 0 Å². The van der Waals surface area contributed by atoms with Crippen LogP contribution in [-0.2, 0) is 9.47 Å². The molecule has 0 aliphatic heterocycles. The van der Waals surface area contributed by atoms with Crippen LogP contribution in [-0.4, -0.2) is 33.7 Å². The van der Waals surface area contributed by atoms with Crippen molar-refractivity contribution < 1.29 is 18.9 Å². The summed E-state index contributed by atoms with van der Waals surface area (Å²) in [5.41, 5.74) is 0. The summed E-state index contributed by atoms with van der Waals surface area (Å²) in [7, 11) is 3.24. The van der Waals surface area contributed by atoms with E-state index in [1.807, 2.05) is 31.2 Å². The Kier molecular flexibility index (Phi) is 5.67. The number of hydrogen-bond donors (Lipinski definition) is 0. The van der Waals surface area contributed by atoms with Crippen LogP contribution >= 0.6 is 0 Å². The molecule has 0 amide bonds. The largest absolute Gasteiger partial charge is 0.493 e.